The van der Waals surface area contributed by atoms with Crippen molar-refractivity contribution in [2.75, 3.05) is 6.54 Å². The summed E-state index contributed by atoms with van der Waals surface area (Å²) in [6.07, 6.45) is 1.37. The van der Waals surface area contributed by atoms with Gasteiger partial charge < -0.3 is 9.88 Å². The zero-order valence-corrected chi connectivity index (χ0v) is 10.2. The molecule has 0 bridgehead atoms. The number of nitrogens with zero attached hydrogens (tertiary/aromatic N) is 2. The molecule has 0 saturated heterocycles. The van der Waals surface area contributed by atoms with Crippen LogP contribution in [-0.4, -0.2) is 11.1 Å². The van der Waals surface area contributed by atoms with E-state index in [4.69, 9.17) is 5.26 Å². The quantitative estimate of drug-likeness (QED) is 0.837. The van der Waals surface area contributed by atoms with Crippen molar-refractivity contribution >= 4 is 0 Å². The van der Waals surface area contributed by atoms with E-state index in [1.54, 1.807) is 0 Å². The Balaban J connectivity index is 1.91. The Hall–Kier alpha value is -1.27. The maximum atomic E-state index is 8.92. The molecule has 1 aromatic rings. The van der Waals surface area contributed by atoms with Crippen LogP contribution in [0.25, 0.3) is 0 Å². The molecule has 3 nitrogen and oxygen atoms in total. The van der Waals surface area contributed by atoms with E-state index >= 15 is 0 Å². The van der Waals surface area contributed by atoms with Gasteiger partial charge in [0.1, 0.15) is 11.8 Å². The lowest BCUT2D eigenvalue weighted by molar-refractivity contribution is 0.610. The second-order valence-electron chi connectivity index (χ2n) is 4.92. The lowest BCUT2D eigenvalue weighted by Gasteiger charge is -2.04. The lowest BCUT2D eigenvalue weighted by atomic mass is 10.2. The maximum Gasteiger partial charge on any atom is 0.120 e. The van der Waals surface area contributed by atoms with Crippen LogP contribution in [0.3, 0.4) is 0 Å². The molecular weight excluding hydrogens is 198 g/mol. The van der Waals surface area contributed by atoms with Crippen LogP contribution < -0.4 is 5.32 Å². The van der Waals surface area contributed by atoms with Gasteiger partial charge in [-0.25, -0.2) is 0 Å². The van der Waals surface area contributed by atoms with E-state index in [0.29, 0.717) is 0 Å². The molecule has 16 heavy (non-hydrogen) atoms. The fraction of sp³-hybridized carbons (Fsp3) is 0.615. The van der Waals surface area contributed by atoms with Gasteiger partial charge in [-0.15, -0.1) is 0 Å². The van der Waals surface area contributed by atoms with Crippen LogP contribution in [-0.2, 0) is 13.6 Å². The van der Waals surface area contributed by atoms with Crippen molar-refractivity contribution in [3.05, 3.63) is 23.0 Å². The van der Waals surface area contributed by atoms with Crippen LogP contribution in [0.1, 0.15) is 30.3 Å². The molecule has 86 valence electrons. The number of hydrogen-bond acceptors (Lipinski definition) is 2. The molecule has 3 heteroatoms. The summed E-state index contributed by atoms with van der Waals surface area (Å²) in [7, 11) is 1.94. The molecule has 2 rings (SSSR count). The highest BCUT2D eigenvalue weighted by molar-refractivity contribution is 5.34. The Kier molecular flexibility index (Phi) is 3.02. The van der Waals surface area contributed by atoms with Crippen molar-refractivity contribution in [1.29, 1.82) is 5.26 Å². The van der Waals surface area contributed by atoms with Gasteiger partial charge in [0, 0.05) is 19.3 Å². The molecular formula is C13H19N3. The van der Waals surface area contributed by atoms with E-state index in [1.165, 1.54) is 17.7 Å². The second-order valence-corrected chi connectivity index (χ2v) is 4.92. The lowest BCUT2D eigenvalue weighted by Crippen LogP contribution is -2.17. The van der Waals surface area contributed by atoms with Crippen molar-refractivity contribution in [1.82, 2.24) is 9.88 Å². The molecule has 2 unspecified atom stereocenters. The van der Waals surface area contributed by atoms with E-state index < -0.39 is 0 Å². The Morgan fingerprint density at radius 3 is 2.81 bits per heavy atom. The first-order chi connectivity index (χ1) is 7.63. The summed E-state index contributed by atoms with van der Waals surface area (Å²) < 4.78 is 1.96. The average molecular weight is 217 g/mol. The first-order valence-corrected chi connectivity index (χ1v) is 5.89. The minimum Gasteiger partial charge on any atom is -0.340 e. The zero-order valence-electron chi connectivity index (χ0n) is 10.2. The van der Waals surface area contributed by atoms with Crippen LogP contribution >= 0.6 is 0 Å². The van der Waals surface area contributed by atoms with Crippen LogP contribution in [0.15, 0.2) is 6.07 Å². The summed E-state index contributed by atoms with van der Waals surface area (Å²) >= 11 is 0. The minimum absolute atomic E-state index is 0.745. The molecule has 0 aliphatic heterocycles. The van der Waals surface area contributed by atoms with Gasteiger partial charge in [-0.05, 0) is 43.4 Å². The molecule has 1 fully saturated rings. The van der Waals surface area contributed by atoms with E-state index in [2.05, 4.69) is 25.2 Å². The number of nitrogens with one attached hydrogen (secondary N) is 1. The largest absolute Gasteiger partial charge is 0.340 e. The number of hydrogen-bond donors (Lipinski definition) is 1. The highest BCUT2D eigenvalue weighted by atomic mass is 15.0. The topological polar surface area (TPSA) is 40.8 Å². The highest BCUT2D eigenvalue weighted by Gasteiger charge is 2.31. The standard InChI is InChI=1S/C13H19N3/c1-9-4-11(9)7-15-8-12-5-13(6-14)16(3)10(12)2/h5,9,11,15H,4,7-8H2,1-3H3. The molecule has 0 radical (unpaired) electrons. The van der Waals surface area contributed by atoms with Gasteiger partial charge in [-0.1, -0.05) is 6.92 Å². The molecule has 1 saturated carbocycles. The van der Waals surface area contributed by atoms with Crippen molar-refractivity contribution in [2.24, 2.45) is 18.9 Å². The molecule has 0 spiro atoms. The van der Waals surface area contributed by atoms with E-state index in [9.17, 15) is 0 Å². The highest BCUT2D eigenvalue weighted by Crippen LogP contribution is 2.36. The van der Waals surface area contributed by atoms with Gasteiger partial charge >= 0.3 is 0 Å². The molecule has 2 atom stereocenters. The Bertz CT molecular complexity index is 425. The summed E-state index contributed by atoms with van der Waals surface area (Å²) in [5.41, 5.74) is 3.18. The molecule has 0 aromatic carbocycles. The fourth-order valence-electron chi connectivity index (χ4n) is 2.12. The Labute approximate surface area is 97.1 Å². The maximum absolute atomic E-state index is 8.92. The first kappa shape index (κ1) is 11.2. The SMILES string of the molecule is Cc1c(CNCC2CC2C)cc(C#N)n1C. The van der Waals surface area contributed by atoms with Crippen LogP contribution in [0.4, 0.5) is 0 Å². The van der Waals surface area contributed by atoms with Gasteiger partial charge in [0.2, 0.25) is 0 Å². The third-order valence-corrected chi connectivity index (χ3v) is 3.75. The smallest absolute Gasteiger partial charge is 0.120 e. The number of aromatic nitrogens is 1. The predicted octanol–water partition coefficient (Wildman–Crippen LogP) is 1.95. The Morgan fingerprint density at radius 2 is 2.31 bits per heavy atom. The summed E-state index contributed by atoms with van der Waals surface area (Å²) in [6, 6.07) is 4.20. The summed E-state index contributed by atoms with van der Waals surface area (Å²) in [5, 5.41) is 12.4. The van der Waals surface area contributed by atoms with E-state index in [0.717, 1.165) is 30.6 Å². The van der Waals surface area contributed by atoms with Gasteiger partial charge in [-0.3, -0.25) is 0 Å². The third kappa shape index (κ3) is 2.12. The van der Waals surface area contributed by atoms with Crippen molar-refractivity contribution in [3.8, 4) is 6.07 Å². The average Bonchev–Trinajstić information content (AvgIpc) is 2.90. The van der Waals surface area contributed by atoms with Gasteiger partial charge in [0.05, 0.1) is 0 Å². The molecule has 1 heterocycles. The van der Waals surface area contributed by atoms with E-state index in [-0.39, 0.29) is 0 Å². The van der Waals surface area contributed by atoms with Crippen LogP contribution in [0.5, 0.6) is 0 Å². The minimum atomic E-state index is 0.745. The van der Waals surface area contributed by atoms with Crippen LogP contribution in [0, 0.1) is 30.1 Å². The predicted molar refractivity (Wildman–Crippen MR) is 63.8 cm³/mol. The Morgan fingerprint density at radius 1 is 1.62 bits per heavy atom. The van der Waals surface area contributed by atoms with Crippen molar-refractivity contribution in [2.45, 2.75) is 26.8 Å². The van der Waals surface area contributed by atoms with Crippen LogP contribution in [0.2, 0.25) is 0 Å². The molecule has 1 aliphatic carbocycles. The summed E-state index contributed by atoms with van der Waals surface area (Å²) in [5.74, 6) is 1.78. The number of nitriles is 1. The number of rotatable bonds is 4. The van der Waals surface area contributed by atoms with Gasteiger partial charge in [0.25, 0.3) is 0 Å². The first-order valence-electron chi connectivity index (χ1n) is 5.89. The van der Waals surface area contributed by atoms with Gasteiger partial charge in [0.15, 0.2) is 0 Å². The third-order valence-electron chi connectivity index (χ3n) is 3.75. The van der Waals surface area contributed by atoms with E-state index in [1.807, 2.05) is 17.7 Å². The molecule has 1 aromatic heterocycles. The fourth-order valence-corrected chi connectivity index (χ4v) is 2.12. The molecule has 1 aliphatic rings. The molecule has 1 N–H and O–H groups in total. The molecule has 0 amide bonds. The summed E-state index contributed by atoms with van der Waals surface area (Å²) in [4.78, 5) is 0. The van der Waals surface area contributed by atoms with Crippen molar-refractivity contribution in [3.63, 3.8) is 0 Å². The summed E-state index contributed by atoms with van der Waals surface area (Å²) in [6.45, 7) is 6.35. The van der Waals surface area contributed by atoms with Gasteiger partial charge in [-0.2, -0.15) is 5.26 Å². The second kappa shape index (κ2) is 4.31. The van der Waals surface area contributed by atoms with Crippen molar-refractivity contribution < 1.29 is 0 Å². The monoisotopic (exact) mass is 217 g/mol. The normalized spacial score (nSPS) is 23.1. The zero-order chi connectivity index (χ0) is 11.7.